The van der Waals surface area contributed by atoms with Crippen LogP contribution in [0.3, 0.4) is 0 Å². The van der Waals surface area contributed by atoms with Crippen LogP contribution in [0, 0.1) is 0 Å². The molecule has 1 saturated carbocycles. The van der Waals surface area contributed by atoms with Crippen molar-refractivity contribution in [2.75, 3.05) is 19.7 Å². The predicted octanol–water partition coefficient (Wildman–Crippen LogP) is 1.16. The molecule has 2 aliphatic rings. The minimum Gasteiger partial charge on any atom is -0.380 e. The molecule has 1 aliphatic carbocycles. The zero-order valence-electron chi connectivity index (χ0n) is 12.5. The van der Waals surface area contributed by atoms with Crippen LogP contribution in [-0.2, 0) is 9.53 Å². The molecule has 1 atom stereocenters. The molecule has 120 valence electrons. The summed E-state index contributed by atoms with van der Waals surface area (Å²) in [5.41, 5.74) is -0.323. The summed E-state index contributed by atoms with van der Waals surface area (Å²) in [7, 11) is 0. The summed E-state index contributed by atoms with van der Waals surface area (Å²) in [5.74, 6) is 0.621. The summed E-state index contributed by atoms with van der Waals surface area (Å²) in [6.45, 7) is 1.19. The Morgan fingerprint density at radius 2 is 2.09 bits per heavy atom. The highest BCUT2D eigenvalue weighted by molar-refractivity contribution is 5.87. The number of aromatic nitrogens is 2. The maximum atomic E-state index is 12.2. The molecule has 4 rings (SSSR count). The van der Waals surface area contributed by atoms with Crippen LogP contribution in [0.25, 0.3) is 11.5 Å². The van der Waals surface area contributed by atoms with Gasteiger partial charge in [-0.25, -0.2) is 0 Å². The Bertz CT molecular complexity index is 711. The molecule has 0 spiro atoms. The maximum Gasteiger partial charge on any atom is 0.258 e. The Labute approximate surface area is 132 Å². The van der Waals surface area contributed by atoms with Crippen LogP contribution in [0.1, 0.15) is 24.8 Å². The van der Waals surface area contributed by atoms with Gasteiger partial charge in [-0.2, -0.15) is 4.98 Å². The third-order valence-corrected chi connectivity index (χ3v) is 4.23. The van der Waals surface area contributed by atoms with Crippen LogP contribution in [0.2, 0.25) is 0 Å². The van der Waals surface area contributed by atoms with Crippen molar-refractivity contribution in [2.24, 2.45) is 0 Å². The number of aliphatic hydroxyl groups is 1. The van der Waals surface area contributed by atoms with E-state index in [1.54, 1.807) is 4.90 Å². The van der Waals surface area contributed by atoms with Crippen LogP contribution >= 0.6 is 0 Å². The molecule has 1 amide bonds. The first-order chi connectivity index (χ1) is 11.2. The fourth-order valence-corrected chi connectivity index (χ4v) is 2.68. The number of carbonyl (C=O) groups is 1. The molecule has 1 aromatic carbocycles. The molecule has 0 radical (unpaired) electrons. The molecule has 2 fully saturated rings. The Morgan fingerprint density at radius 3 is 2.83 bits per heavy atom. The first-order valence-electron chi connectivity index (χ1n) is 7.68. The number of nitrogens with zero attached hydrogens (tertiary/aromatic N) is 3. The number of carbonyl (C=O) groups excluding carboxylic acids is 1. The smallest absolute Gasteiger partial charge is 0.258 e. The van der Waals surface area contributed by atoms with Gasteiger partial charge in [-0.15, -0.1) is 0 Å². The molecule has 7 heteroatoms. The van der Waals surface area contributed by atoms with Gasteiger partial charge in [-0.05, 0) is 25.0 Å². The van der Waals surface area contributed by atoms with Crippen molar-refractivity contribution in [2.45, 2.75) is 24.5 Å². The third-order valence-electron chi connectivity index (χ3n) is 4.23. The number of ether oxygens (including phenoxy) is 1. The summed E-state index contributed by atoms with van der Waals surface area (Å²) in [4.78, 5) is 18.2. The zero-order chi connectivity index (χ0) is 15.9. The van der Waals surface area contributed by atoms with Gasteiger partial charge in [0.2, 0.25) is 5.82 Å². The molecule has 1 N–H and O–H groups in total. The SMILES string of the molecule is O=C(N1CCOC(c2noc(-c3ccccc3)n2)C1)C1(O)CC1. The van der Waals surface area contributed by atoms with E-state index in [0.29, 0.717) is 44.3 Å². The molecule has 1 aromatic heterocycles. The Hall–Kier alpha value is -2.25. The summed E-state index contributed by atoms with van der Waals surface area (Å²) >= 11 is 0. The summed E-state index contributed by atoms with van der Waals surface area (Å²) in [6.07, 6.45) is 0.638. The van der Waals surface area contributed by atoms with Crippen LogP contribution in [0.5, 0.6) is 0 Å². The molecule has 1 saturated heterocycles. The van der Waals surface area contributed by atoms with E-state index in [4.69, 9.17) is 9.26 Å². The lowest BCUT2D eigenvalue weighted by Crippen LogP contribution is -2.47. The second kappa shape index (κ2) is 5.43. The fraction of sp³-hybridized carbons (Fsp3) is 0.438. The van der Waals surface area contributed by atoms with Crippen molar-refractivity contribution in [1.82, 2.24) is 15.0 Å². The van der Waals surface area contributed by atoms with Crippen LogP contribution < -0.4 is 0 Å². The van der Waals surface area contributed by atoms with Gasteiger partial charge in [0.05, 0.1) is 13.2 Å². The van der Waals surface area contributed by atoms with Crippen molar-refractivity contribution in [3.8, 4) is 11.5 Å². The molecular weight excluding hydrogens is 298 g/mol. The topological polar surface area (TPSA) is 88.7 Å². The molecule has 2 heterocycles. The number of amides is 1. The first-order valence-corrected chi connectivity index (χ1v) is 7.68. The van der Waals surface area contributed by atoms with E-state index < -0.39 is 11.7 Å². The number of benzene rings is 1. The Morgan fingerprint density at radius 1 is 1.30 bits per heavy atom. The van der Waals surface area contributed by atoms with E-state index in [9.17, 15) is 9.90 Å². The van der Waals surface area contributed by atoms with Gasteiger partial charge in [-0.3, -0.25) is 4.79 Å². The Balaban J connectivity index is 1.50. The average molecular weight is 315 g/mol. The zero-order valence-corrected chi connectivity index (χ0v) is 12.5. The van der Waals surface area contributed by atoms with Crippen molar-refractivity contribution >= 4 is 5.91 Å². The van der Waals surface area contributed by atoms with E-state index in [1.807, 2.05) is 30.3 Å². The van der Waals surface area contributed by atoms with Crippen LogP contribution in [0.15, 0.2) is 34.9 Å². The highest BCUT2D eigenvalue weighted by Crippen LogP contribution is 2.37. The Kier molecular flexibility index (Phi) is 3.39. The molecule has 1 aliphatic heterocycles. The quantitative estimate of drug-likeness (QED) is 0.914. The standard InChI is InChI=1S/C16H17N3O4/c20-15(16(21)6-7-16)19-8-9-22-12(10-19)13-17-14(23-18-13)11-4-2-1-3-5-11/h1-5,12,21H,6-10H2. The van der Waals surface area contributed by atoms with Crippen molar-refractivity contribution in [1.29, 1.82) is 0 Å². The second-order valence-corrected chi connectivity index (χ2v) is 5.97. The first kappa shape index (κ1) is 14.3. The molecule has 1 unspecified atom stereocenters. The number of hydrogen-bond acceptors (Lipinski definition) is 6. The molecule has 0 bridgehead atoms. The molecule has 7 nitrogen and oxygen atoms in total. The van der Waals surface area contributed by atoms with Crippen molar-refractivity contribution in [3.05, 3.63) is 36.2 Å². The summed E-state index contributed by atoms with van der Waals surface area (Å²) < 4.78 is 11.0. The number of hydrogen-bond donors (Lipinski definition) is 1. The van der Waals surface area contributed by atoms with Crippen LogP contribution in [-0.4, -0.2) is 51.4 Å². The molecule has 23 heavy (non-hydrogen) atoms. The van der Waals surface area contributed by atoms with E-state index in [-0.39, 0.29) is 5.91 Å². The average Bonchev–Trinajstić information content (AvgIpc) is 3.16. The van der Waals surface area contributed by atoms with E-state index in [2.05, 4.69) is 10.1 Å². The van der Waals surface area contributed by atoms with Gasteiger partial charge in [0.15, 0.2) is 0 Å². The lowest BCUT2D eigenvalue weighted by molar-refractivity contribution is -0.150. The molecule has 2 aromatic rings. The largest absolute Gasteiger partial charge is 0.380 e. The summed E-state index contributed by atoms with van der Waals surface area (Å²) in [6, 6.07) is 9.48. The van der Waals surface area contributed by atoms with Crippen molar-refractivity contribution < 1.29 is 19.2 Å². The van der Waals surface area contributed by atoms with Gasteiger partial charge in [0, 0.05) is 12.1 Å². The minimum absolute atomic E-state index is 0.224. The van der Waals surface area contributed by atoms with Gasteiger partial charge in [-0.1, -0.05) is 23.4 Å². The van der Waals surface area contributed by atoms with Gasteiger partial charge in [0.25, 0.3) is 11.8 Å². The van der Waals surface area contributed by atoms with E-state index >= 15 is 0 Å². The van der Waals surface area contributed by atoms with Crippen LogP contribution in [0.4, 0.5) is 0 Å². The van der Waals surface area contributed by atoms with E-state index in [0.717, 1.165) is 5.56 Å². The highest BCUT2D eigenvalue weighted by atomic mass is 16.5. The normalized spacial score (nSPS) is 22.8. The monoisotopic (exact) mass is 315 g/mol. The molecular formula is C16H17N3O4. The van der Waals surface area contributed by atoms with E-state index in [1.165, 1.54) is 0 Å². The highest BCUT2D eigenvalue weighted by Gasteiger charge is 2.51. The lowest BCUT2D eigenvalue weighted by Gasteiger charge is -2.32. The fourth-order valence-electron chi connectivity index (χ4n) is 2.68. The van der Waals surface area contributed by atoms with Crippen molar-refractivity contribution in [3.63, 3.8) is 0 Å². The van der Waals surface area contributed by atoms with Gasteiger partial charge >= 0.3 is 0 Å². The second-order valence-electron chi connectivity index (χ2n) is 5.97. The lowest BCUT2D eigenvalue weighted by atomic mass is 10.2. The predicted molar refractivity (Wildman–Crippen MR) is 79.2 cm³/mol. The maximum absolute atomic E-state index is 12.2. The third kappa shape index (κ3) is 2.73. The van der Waals surface area contributed by atoms with Gasteiger partial charge in [0.1, 0.15) is 11.7 Å². The number of morpholine rings is 1. The minimum atomic E-state index is -1.16. The summed E-state index contributed by atoms with van der Waals surface area (Å²) in [5, 5.41) is 14.0. The number of rotatable bonds is 3. The van der Waals surface area contributed by atoms with Gasteiger partial charge < -0.3 is 19.3 Å².